The predicted molar refractivity (Wildman–Crippen MR) is 36.2 cm³/mol. The second-order valence-corrected chi connectivity index (χ2v) is 0. The van der Waals surface area contributed by atoms with Crippen molar-refractivity contribution in [1.29, 1.82) is 0 Å². The minimum absolute atomic E-state index is 0. The van der Waals surface area contributed by atoms with E-state index in [0.717, 1.165) is 0 Å². The summed E-state index contributed by atoms with van der Waals surface area (Å²) in [5.74, 6) is 0. The molecule has 0 unspecified atom stereocenters. The van der Waals surface area contributed by atoms with Gasteiger partial charge in [-0.05, 0) is 0 Å². The molecule has 0 aliphatic heterocycles. The van der Waals surface area contributed by atoms with E-state index in [1.807, 2.05) is 0 Å². The van der Waals surface area contributed by atoms with E-state index in [2.05, 4.69) is 0 Å². The molecule has 0 aliphatic rings. The molecule has 0 nitrogen and oxygen atoms in total. The van der Waals surface area contributed by atoms with Gasteiger partial charge in [-0.3, -0.25) is 0 Å². The molecule has 0 saturated carbocycles. The van der Waals surface area contributed by atoms with E-state index in [0.29, 0.717) is 0 Å². The van der Waals surface area contributed by atoms with Gasteiger partial charge in [0.1, 0.15) is 0 Å². The fourth-order valence-electron chi connectivity index (χ4n) is 0. The molecule has 0 bridgehead atoms. The predicted octanol–water partition coefficient (Wildman–Crippen LogP) is -12.9. The van der Waals surface area contributed by atoms with E-state index in [1.165, 1.54) is 0 Å². The van der Waals surface area contributed by atoms with Crippen molar-refractivity contribution in [3.63, 3.8) is 0 Å². The van der Waals surface area contributed by atoms with Crippen LogP contribution in [0.1, 0.15) is 0 Å². The zero-order valence-electron chi connectivity index (χ0n) is 4.38. The molecule has 80 valence electrons. The van der Waals surface area contributed by atoms with Gasteiger partial charge in [-0.1, -0.05) is 0 Å². The smallest absolute Gasteiger partial charge is 1.00 e. The van der Waals surface area contributed by atoms with Crippen LogP contribution < -0.4 is 23.5 Å². The molecule has 0 N–H and O–H groups in total. The van der Waals surface area contributed by atoms with Gasteiger partial charge in [-0.15, -0.1) is 62.0 Å². The van der Waals surface area contributed by atoms with Crippen molar-refractivity contribution in [2.24, 2.45) is 0 Å². The summed E-state index contributed by atoms with van der Waals surface area (Å²) in [5.41, 5.74) is 0. The Labute approximate surface area is 107 Å². The molecule has 0 radical (unpaired) electrons. The molecule has 0 aliphatic carbocycles. The molecular weight excluding hydrogens is 453 g/mol. The van der Waals surface area contributed by atoms with Gasteiger partial charge in [0.15, 0.2) is 0 Å². The summed E-state index contributed by atoms with van der Waals surface area (Å²) in [6, 6.07) is 0. The van der Waals surface area contributed by atoms with Crippen LogP contribution in [0, 0.1) is 0 Å². The maximum Gasteiger partial charge on any atom is 5.00 e. The molecule has 0 atom stereocenters. The zero-order chi connectivity index (χ0) is 0. The minimum Gasteiger partial charge on any atom is -1.00 e. The van der Waals surface area contributed by atoms with Gasteiger partial charge < -0.3 is 23.5 Å². The van der Waals surface area contributed by atoms with Crippen molar-refractivity contribution in [2.75, 3.05) is 0 Å². The molecule has 0 heterocycles. The van der Waals surface area contributed by atoms with Crippen molar-refractivity contribution < 1.29 is 45.9 Å². The Morgan fingerprint density at radius 2 is 0.273 bits per heavy atom. The SMILES string of the molecule is Cl.Cl.Cl.Cl.Cl.[F-].[F-].[F-].[F-].[F-].[Ta+5]. The molecule has 11 heteroatoms. The topological polar surface area (TPSA) is 0 Å². The normalized spacial score (nSPS) is 0. The van der Waals surface area contributed by atoms with Crippen molar-refractivity contribution in [2.45, 2.75) is 0 Å². The average Bonchev–Trinajstić information content (AvgIpc) is 0. The largest absolute Gasteiger partial charge is 5.00 e. The van der Waals surface area contributed by atoms with E-state index in [4.69, 9.17) is 0 Å². The first kappa shape index (κ1) is 532. The second kappa shape index (κ2) is 411. The van der Waals surface area contributed by atoms with Crippen LogP contribution in [0.15, 0.2) is 0 Å². The molecule has 0 aromatic rings. The Hall–Kier alpha value is 1.84. The van der Waals surface area contributed by atoms with Crippen LogP contribution in [-0.2, 0) is 22.4 Å². The van der Waals surface area contributed by atoms with Gasteiger partial charge in [0.05, 0.1) is 0 Å². The summed E-state index contributed by atoms with van der Waals surface area (Å²) in [4.78, 5) is 0. The van der Waals surface area contributed by atoms with Gasteiger partial charge in [0, 0.05) is 0 Å². The number of halogens is 10. The maximum atomic E-state index is 0. The Kier molecular flexibility index (Phi) is 19900. The Bertz CT molecular complexity index is 14.8. The van der Waals surface area contributed by atoms with Crippen LogP contribution in [-0.4, -0.2) is 0 Å². The van der Waals surface area contributed by atoms with Gasteiger partial charge >= 0.3 is 22.4 Å². The molecule has 0 rings (SSSR count). The van der Waals surface area contributed by atoms with E-state index in [1.54, 1.807) is 0 Å². The fraction of sp³-hybridized carbons (Fsp3) is 0. The third-order valence-corrected chi connectivity index (χ3v) is 0. The van der Waals surface area contributed by atoms with Gasteiger partial charge in [0.25, 0.3) is 0 Å². The molecule has 0 saturated heterocycles. The Morgan fingerprint density at radius 3 is 0.273 bits per heavy atom. The second-order valence-electron chi connectivity index (χ2n) is 0. The van der Waals surface area contributed by atoms with Crippen LogP contribution in [0.5, 0.6) is 0 Å². The van der Waals surface area contributed by atoms with Gasteiger partial charge in [0.2, 0.25) is 0 Å². The number of hydrogen-bond donors (Lipinski definition) is 0. The Morgan fingerprint density at radius 1 is 0.273 bits per heavy atom. The zero-order valence-corrected chi connectivity index (χ0v) is 11.7. The molecule has 0 aromatic heterocycles. The first-order valence-corrected chi connectivity index (χ1v) is 0. The van der Waals surface area contributed by atoms with Crippen LogP contribution in [0.4, 0.5) is 0 Å². The number of hydrogen-bond acceptors (Lipinski definition) is 0. The molecular formula is H5Cl5F5Ta. The monoisotopic (exact) mass is 456 g/mol. The first-order valence-electron chi connectivity index (χ1n) is 0. The quantitative estimate of drug-likeness (QED) is 0.317. The van der Waals surface area contributed by atoms with Crippen molar-refractivity contribution in [3.8, 4) is 0 Å². The first-order chi connectivity index (χ1) is 0. The third kappa shape index (κ3) is 339. The molecule has 0 aromatic carbocycles. The Balaban J connectivity index is 0. The van der Waals surface area contributed by atoms with E-state index in [-0.39, 0.29) is 108 Å². The third-order valence-electron chi connectivity index (χ3n) is 0. The van der Waals surface area contributed by atoms with Crippen LogP contribution in [0.25, 0.3) is 0 Å². The molecule has 0 fully saturated rings. The van der Waals surface area contributed by atoms with Crippen LogP contribution in [0.2, 0.25) is 0 Å². The van der Waals surface area contributed by atoms with Crippen molar-refractivity contribution >= 4 is 62.0 Å². The standard InChI is InChI=1S/5ClH.5FH.Ta/h10*1H;/q;;;;;;;;;;+5/p-5. The summed E-state index contributed by atoms with van der Waals surface area (Å²) in [6.45, 7) is 0. The summed E-state index contributed by atoms with van der Waals surface area (Å²) >= 11 is 0. The maximum absolute atomic E-state index is 0. The summed E-state index contributed by atoms with van der Waals surface area (Å²) in [5, 5.41) is 0. The number of rotatable bonds is 0. The van der Waals surface area contributed by atoms with Crippen LogP contribution in [0.3, 0.4) is 0 Å². The van der Waals surface area contributed by atoms with E-state index >= 15 is 0 Å². The summed E-state index contributed by atoms with van der Waals surface area (Å²) in [6.07, 6.45) is 0. The van der Waals surface area contributed by atoms with Gasteiger partial charge in [-0.2, -0.15) is 0 Å². The van der Waals surface area contributed by atoms with E-state index in [9.17, 15) is 0 Å². The molecule has 11 heavy (non-hydrogen) atoms. The van der Waals surface area contributed by atoms with Gasteiger partial charge in [-0.25, -0.2) is 0 Å². The van der Waals surface area contributed by atoms with Crippen molar-refractivity contribution in [1.82, 2.24) is 0 Å². The van der Waals surface area contributed by atoms with E-state index < -0.39 is 0 Å². The summed E-state index contributed by atoms with van der Waals surface area (Å²) in [7, 11) is 0. The average molecular weight is 458 g/mol. The molecule has 0 spiro atoms. The van der Waals surface area contributed by atoms with Crippen LogP contribution >= 0.6 is 62.0 Å². The summed E-state index contributed by atoms with van der Waals surface area (Å²) < 4.78 is 0. The molecule has 0 amide bonds. The van der Waals surface area contributed by atoms with Crippen molar-refractivity contribution in [3.05, 3.63) is 0 Å². The minimum atomic E-state index is 0. The fourth-order valence-corrected chi connectivity index (χ4v) is 0.